The van der Waals surface area contributed by atoms with Gasteiger partial charge in [0.2, 0.25) is 0 Å². The van der Waals surface area contributed by atoms with Gasteiger partial charge in [-0.3, -0.25) is 14.5 Å². The summed E-state index contributed by atoms with van der Waals surface area (Å²) in [7, 11) is 5.48. The average molecular weight is 380 g/mol. The molecule has 0 fully saturated rings. The predicted octanol–water partition coefficient (Wildman–Crippen LogP) is 1.71. The van der Waals surface area contributed by atoms with E-state index in [1.807, 2.05) is 14.1 Å². The molecule has 1 atom stereocenters. The molecule has 6 heteroatoms. The first-order valence-corrected chi connectivity index (χ1v) is 9.57. The molecule has 1 aliphatic rings. The maximum Gasteiger partial charge on any atom is 0.309 e. The van der Waals surface area contributed by atoms with Crippen molar-refractivity contribution in [3.05, 3.63) is 65.2 Å². The number of anilines is 1. The van der Waals surface area contributed by atoms with E-state index in [2.05, 4.69) is 69.0 Å². The van der Waals surface area contributed by atoms with Gasteiger partial charge in [-0.15, -0.1) is 0 Å². The average Bonchev–Trinajstić information content (AvgIpc) is 2.73. The Balaban J connectivity index is 1.82. The summed E-state index contributed by atoms with van der Waals surface area (Å²) in [5, 5.41) is 5.16. The van der Waals surface area contributed by atoms with E-state index in [9.17, 15) is 9.59 Å². The second-order valence-corrected chi connectivity index (χ2v) is 7.28. The third kappa shape index (κ3) is 4.51. The molecule has 0 unspecified atom stereocenters. The van der Waals surface area contributed by atoms with Crippen molar-refractivity contribution < 1.29 is 9.59 Å². The molecule has 0 spiro atoms. The summed E-state index contributed by atoms with van der Waals surface area (Å²) in [5.74, 6) is -1.22. The van der Waals surface area contributed by atoms with Crippen molar-refractivity contribution in [2.75, 3.05) is 39.1 Å². The van der Waals surface area contributed by atoms with Crippen molar-refractivity contribution in [3.63, 3.8) is 0 Å². The molecular formula is C22H28N4O2. The highest BCUT2D eigenvalue weighted by Crippen LogP contribution is 2.28. The van der Waals surface area contributed by atoms with Gasteiger partial charge in [-0.25, -0.2) is 0 Å². The van der Waals surface area contributed by atoms with Gasteiger partial charge >= 0.3 is 11.8 Å². The Bertz CT molecular complexity index is 833. The second kappa shape index (κ2) is 8.89. The lowest BCUT2D eigenvalue weighted by Crippen LogP contribution is -2.44. The molecule has 0 saturated carbocycles. The SMILES string of the molecule is CNC(=O)C(=O)NC[C@H](c1ccc(N(C)C)cc1)N1CCc2ccccc2C1. The minimum absolute atomic E-state index is 0.00169. The molecule has 28 heavy (non-hydrogen) atoms. The van der Waals surface area contributed by atoms with Gasteiger partial charge in [0.05, 0.1) is 6.04 Å². The molecule has 6 nitrogen and oxygen atoms in total. The molecule has 0 radical (unpaired) electrons. The molecule has 0 bridgehead atoms. The van der Waals surface area contributed by atoms with Gasteiger partial charge in [-0.05, 0) is 35.2 Å². The van der Waals surface area contributed by atoms with Crippen molar-refractivity contribution in [1.82, 2.24) is 15.5 Å². The number of carbonyl (C=O) groups is 2. The molecule has 0 aliphatic carbocycles. The smallest absolute Gasteiger partial charge is 0.309 e. The molecular weight excluding hydrogens is 352 g/mol. The minimum Gasteiger partial charge on any atom is -0.378 e. The monoisotopic (exact) mass is 380 g/mol. The van der Waals surface area contributed by atoms with E-state index in [-0.39, 0.29) is 6.04 Å². The number of fused-ring (bicyclic) bond motifs is 1. The van der Waals surface area contributed by atoms with Crippen molar-refractivity contribution >= 4 is 17.5 Å². The van der Waals surface area contributed by atoms with Gasteiger partial charge in [0.15, 0.2) is 0 Å². The Hall–Kier alpha value is -2.86. The van der Waals surface area contributed by atoms with Crippen LogP contribution in [0.15, 0.2) is 48.5 Å². The minimum atomic E-state index is -0.620. The quantitative estimate of drug-likeness (QED) is 0.776. The van der Waals surface area contributed by atoms with Crippen LogP contribution in [0.2, 0.25) is 0 Å². The number of carbonyl (C=O) groups excluding carboxylic acids is 2. The molecule has 2 amide bonds. The Kier molecular flexibility index (Phi) is 6.31. The summed E-state index contributed by atoms with van der Waals surface area (Å²) in [5.41, 5.74) is 4.96. The fourth-order valence-corrected chi connectivity index (χ4v) is 3.62. The number of likely N-dealkylation sites (N-methyl/N-ethyl adjacent to an activating group) is 1. The normalized spacial score (nSPS) is 14.7. The zero-order valence-corrected chi connectivity index (χ0v) is 16.7. The van der Waals surface area contributed by atoms with Crippen LogP contribution in [0.5, 0.6) is 0 Å². The predicted molar refractivity (Wildman–Crippen MR) is 111 cm³/mol. The van der Waals surface area contributed by atoms with Crippen molar-refractivity contribution in [2.24, 2.45) is 0 Å². The third-order valence-corrected chi connectivity index (χ3v) is 5.28. The zero-order valence-electron chi connectivity index (χ0n) is 16.7. The van der Waals surface area contributed by atoms with Crippen LogP contribution in [0.4, 0.5) is 5.69 Å². The molecule has 0 saturated heterocycles. The molecule has 1 heterocycles. The first kappa shape index (κ1) is 19.9. The van der Waals surface area contributed by atoms with E-state index >= 15 is 0 Å². The van der Waals surface area contributed by atoms with Crippen molar-refractivity contribution in [2.45, 2.75) is 19.0 Å². The van der Waals surface area contributed by atoms with Crippen LogP contribution in [0.25, 0.3) is 0 Å². The summed E-state index contributed by atoms with van der Waals surface area (Å²) in [4.78, 5) is 28.0. The fourth-order valence-electron chi connectivity index (χ4n) is 3.62. The van der Waals surface area contributed by atoms with Crippen molar-refractivity contribution in [1.29, 1.82) is 0 Å². The number of amides is 2. The van der Waals surface area contributed by atoms with Crippen LogP contribution in [0.1, 0.15) is 22.7 Å². The first-order chi connectivity index (χ1) is 13.5. The van der Waals surface area contributed by atoms with Crippen LogP contribution >= 0.6 is 0 Å². The number of nitrogens with one attached hydrogen (secondary N) is 2. The van der Waals surface area contributed by atoms with E-state index in [1.165, 1.54) is 18.2 Å². The molecule has 1 aliphatic heterocycles. The summed E-state index contributed by atoms with van der Waals surface area (Å²) in [6, 6.07) is 16.9. The maximum atomic E-state index is 12.0. The third-order valence-electron chi connectivity index (χ3n) is 5.28. The van der Waals surface area contributed by atoms with Gasteiger partial charge in [-0.1, -0.05) is 36.4 Å². The first-order valence-electron chi connectivity index (χ1n) is 9.57. The Morgan fingerprint density at radius 1 is 1.04 bits per heavy atom. The number of rotatable bonds is 5. The van der Waals surface area contributed by atoms with E-state index in [1.54, 1.807) is 0 Å². The number of hydrogen-bond donors (Lipinski definition) is 2. The topological polar surface area (TPSA) is 64.7 Å². The van der Waals surface area contributed by atoms with E-state index in [0.29, 0.717) is 6.54 Å². The summed E-state index contributed by atoms with van der Waals surface area (Å²) in [6.45, 7) is 2.12. The Morgan fingerprint density at radius 3 is 2.36 bits per heavy atom. The van der Waals surface area contributed by atoms with Crippen LogP contribution in [-0.2, 0) is 22.6 Å². The highest BCUT2D eigenvalue weighted by Gasteiger charge is 2.26. The fraction of sp³-hybridized carbons (Fsp3) is 0.364. The van der Waals surface area contributed by atoms with Gasteiger partial charge < -0.3 is 15.5 Å². The summed E-state index contributed by atoms with van der Waals surface area (Å²) < 4.78 is 0. The number of hydrogen-bond acceptors (Lipinski definition) is 4. The maximum absolute atomic E-state index is 12.0. The molecule has 0 aromatic heterocycles. The van der Waals surface area contributed by atoms with E-state index in [0.717, 1.165) is 30.8 Å². The van der Waals surface area contributed by atoms with Crippen LogP contribution < -0.4 is 15.5 Å². The van der Waals surface area contributed by atoms with Gasteiger partial charge in [-0.2, -0.15) is 0 Å². The number of benzene rings is 2. The van der Waals surface area contributed by atoms with E-state index < -0.39 is 11.8 Å². The lowest BCUT2D eigenvalue weighted by atomic mass is 9.96. The highest BCUT2D eigenvalue weighted by atomic mass is 16.2. The standard InChI is InChI=1S/C22H28N4O2/c1-23-21(27)22(28)24-14-20(17-8-10-19(11-9-17)25(2)3)26-13-12-16-6-4-5-7-18(16)15-26/h4-11,20H,12-15H2,1-3H3,(H,23,27)(H,24,28)/t20-/m1/s1. The van der Waals surface area contributed by atoms with Gasteiger partial charge in [0.25, 0.3) is 0 Å². The lowest BCUT2D eigenvalue weighted by Gasteiger charge is -2.36. The Morgan fingerprint density at radius 2 is 1.71 bits per heavy atom. The lowest BCUT2D eigenvalue weighted by molar-refractivity contribution is -0.139. The molecule has 2 N–H and O–H groups in total. The number of nitrogens with zero attached hydrogens (tertiary/aromatic N) is 2. The second-order valence-electron chi connectivity index (χ2n) is 7.28. The van der Waals surface area contributed by atoms with Gasteiger partial charge in [0.1, 0.15) is 0 Å². The summed E-state index contributed by atoms with van der Waals surface area (Å²) in [6.07, 6.45) is 0.978. The zero-order chi connectivity index (χ0) is 20.1. The largest absolute Gasteiger partial charge is 0.378 e. The van der Waals surface area contributed by atoms with Crippen molar-refractivity contribution in [3.8, 4) is 0 Å². The van der Waals surface area contributed by atoms with Gasteiger partial charge in [0, 0.05) is 46.5 Å². The molecule has 3 rings (SSSR count). The van der Waals surface area contributed by atoms with Crippen LogP contribution in [0, 0.1) is 0 Å². The summed E-state index contributed by atoms with van der Waals surface area (Å²) >= 11 is 0. The van der Waals surface area contributed by atoms with Crippen LogP contribution in [-0.4, -0.2) is 50.9 Å². The Labute approximate surface area is 166 Å². The van der Waals surface area contributed by atoms with E-state index in [4.69, 9.17) is 0 Å². The molecule has 2 aromatic rings. The highest BCUT2D eigenvalue weighted by molar-refractivity contribution is 6.35. The van der Waals surface area contributed by atoms with Crippen LogP contribution in [0.3, 0.4) is 0 Å². The molecule has 148 valence electrons. The molecule has 2 aromatic carbocycles.